The molecule has 0 aliphatic carbocycles. The van der Waals surface area contributed by atoms with Crippen molar-refractivity contribution in [1.29, 1.82) is 0 Å². The number of hydrogen-bond acceptors (Lipinski definition) is 7. The molecule has 2 aromatic rings. The number of aryl methyl sites for hydroxylation is 1. The van der Waals surface area contributed by atoms with Gasteiger partial charge in [-0.15, -0.1) is 11.3 Å². The Morgan fingerprint density at radius 2 is 1.88 bits per heavy atom. The first kappa shape index (κ1) is 16.8. The van der Waals surface area contributed by atoms with Crippen molar-refractivity contribution in [2.75, 3.05) is 45.2 Å². The van der Waals surface area contributed by atoms with Gasteiger partial charge in [0.05, 0.1) is 5.69 Å². The maximum absolute atomic E-state index is 12.8. The fourth-order valence-electron chi connectivity index (χ4n) is 2.70. The lowest BCUT2D eigenvalue weighted by Crippen LogP contribution is -2.49. The molecule has 0 radical (unpaired) electrons. The number of carbonyl (C=O) groups is 1. The Bertz CT molecular complexity index is 694. The van der Waals surface area contributed by atoms with Gasteiger partial charge in [-0.25, -0.2) is 15.0 Å². The molecule has 1 aliphatic rings. The molecular weight excluding hydrogens is 324 g/mol. The molecule has 0 N–H and O–H groups in total. The van der Waals surface area contributed by atoms with Crippen LogP contribution in [-0.4, -0.2) is 70.9 Å². The van der Waals surface area contributed by atoms with Crippen LogP contribution in [0.3, 0.4) is 0 Å². The average Bonchev–Trinajstić information content (AvgIpc) is 2.94. The van der Waals surface area contributed by atoms with Gasteiger partial charge in [-0.2, -0.15) is 0 Å². The Kier molecular flexibility index (Phi) is 5.06. The molecule has 3 heterocycles. The largest absolute Gasteiger partial charge is 0.337 e. The topological polar surface area (TPSA) is 65.5 Å². The van der Waals surface area contributed by atoms with E-state index in [4.69, 9.17) is 0 Å². The predicted molar refractivity (Wildman–Crippen MR) is 94.4 cm³/mol. The molecule has 0 aromatic carbocycles. The van der Waals surface area contributed by atoms with Gasteiger partial charge in [-0.1, -0.05) is 0 Å². The van der Waals surface area contributed by atoms with E-state index in [1.807, 2.05) is 25.9 Å². The van der Waals surface area contributed by atoms with Crippen LogP contribution in [0.25, 0.3) is 0 Å². The molecule has 0 atom stereocenters. The van der Waals surface area contributed by atoms with E-state index < -0.39 is 0 Å². The maximum Gasteiger partial charge on any atom is 0.265 e. The minimum absolute atomic E-state index is 0.0867. The Morgan fingerprint density at radius 3 is 2.50 bits per heavy atom. The molecule has 2 aromatic heterocycles. The average molecular weight is 346 g/mol. The minimum atomic E-state index is 0.0867. The van der Waals surface area contributed by atoms with Gasteiger partial charge in [0.25, 0.3) is 5.91 Å². The molecule has 0 unspecified atom stereocenters. The summed E-state index contributed by atoms with van der Waals surface area (Å²) in [6, 6.07) is 1.81. The fraction of sp³-hybridized carbons (Fsp3) is 0.500. The summed E-state index contributed by atoms with van der Waals surface area (Å²) in [4.78, 5) is 32.7. The van der Waals surface area contributed by atoms with Crippen LogP contribution in [0.4, 0.5) is 5.95 Å². The number of rotatable bonds is 4. The molecule has 1 amide bonds. The van der Waals surface area contributed by atoms with E-state index >= 15 is 0 Å². The summed E-state index contributed by atoms with van der Waals surface area (Å²) in [5.41, 5.74) is 0.829. The number of amides is 1. The lowest BCUT2D eigenvalue weighted by atomic mass is 10.3. The molecular formula is C16H22N6OS. The van der Waals surface area contributed by atoms with Crippen LogP contribution in [-0.2, 0) is 6.54 Å². The van der Waals surface area contributed by atoms with Crippen molar-refractivity contribution in [1.82, 2.24) is 24.8 Å². The highest BCUT2D eigenvalue weighted by Crippen LogP contribution is 2.22. The molecule has 0 saturated carbocycles. The van der Waals surface area contributed by atoms with Crippen molar-refractivity contribution in [2.24, 2.45) is 0 Å². The number of nitrogens with zero attached hydrogens (tertiary/aromatic N) is 6. The first-order valence-electron chi connectivity index (χ1n) is 7.97. The quantitative estimate of drug-likeness (QED) is 0.831. The minimum Gasteiger partial charge on any atom is -0.337 e. The summed E-state index contributed by atoms with van der Waals surface area (Å²) in [6.07, 6.45) is 3.49. The second-order valence-electron chi connectivity index (χ2n) is 6.09. The molecule has 0 spiro atoms. The van der Waals surface area contributed by atoms with E-state index in [0.29, 0.717) is 13.1 Å². The Labute approximate surface area is 146 Å². The first-order valence-corrected chi connectivity index (χ1v) is 8.78. The zero-order valence-electron chi connectivity index (χ0n) is 14.3. The first-order chi connectivity index (χ1) is 11.5. The highest BCUT2D eigenvalue weighted by Gasteiger charge is 2.26. The Morgan fingerprint density at radius 1 is 1.21 bits per heavy atom. The zero-order valence-corrected chi connectivity index (χ0v) is 15.1. The van der Waals surface area contributed by atoms with Gasteiger partial charge in [-0.05, 0) is 27.1 Å². The van der Waals surface area contributed by atoms with Crippen molar-refractivity contribution >= 4 is 23.2 Å². The van der Waals surface area contributed by atoms with E-state index in [-0.39, 0.29) is 5.91 Å². The zero-order chi connectivity index (χ0) is 17.1. The summed E-state index contributed by atoms with van der Waals surface area (Å²) in [6.45, 7) is 5.53. The maximum atomic E-state index is 12.8. The van der Waals surface area contributed by atoms with Crippen LogP contribution < -0.4 is 4.90 Å². The van der Waals surface area contributed by atoms with Gasteiger partial charge in [0.2, 0.25) is 5.95 Å². The van der Waals surface area contributed by atoms with Gasteiger partial charge in [0.1, 0.15) is 9.88 Å². The van der Waals surface area contributed by atoms with Crippen molar-refractivity contribution in [3.8, 4) is 0 Å². The Balaban J connectivity index is 1.64. The third-order valence-electron chi connectivity index (χ3n) is 3.89. The van der Waals surface area contributed by atoms with Gasteiger partial charge in [-0.3, -0.25) is 4.79 Å². The van der Waals surface area contributed by atoms with Crippen LogP contribution in [0.2, 0.25) is 0 Å². The highest BCUT2D eigenvalue weighted by molar-refractivity contribution is 7.13. The van der Waals surface area contributed by atoms with Crippen LogP contribution >= 0.6 is 11.3 Å². The van der Waals surface area contributed by atoms with Crippen molar-refractivity contribution in [3.63, 3.8) is 0 Å². The normalized spacial score (nSPS) is 15.2. The standard InChI is InChI=1S/C16H22N6OS/c1-12-14(24-13(19-12)11-20(2)3)15(23)21-7-9-22(10-8-21)16-17-5-4-6-18-16/h4-6H,7-11H2,1-3H3. The number of thiazole rings is 1. The second-order valence-corrected chi connectivity index (χ2v) is 7.17. The number of piperazine rings is 1. The fourth-order valence-corrected chi connectivity index (χ4v) is 3.85. The third-order valence-corrected chi connectivity index (χ3v) is 5.02. The van der Waals surface area contributed by atoms with Gasteiger partial charge in [0.15, 0.2) is 0 Å². The van der Waals surface area contributed by atoms with Gasteiger partial charge >= 0.3 is 0 Å². The summed E-state index contributed by atoms with van der Waals surface area (Å²) in [7, 11) is 4.01. The van der Waals surface area contributed by atoms with Gasteiger partial charge in [0, 0.05) is 45.1 Å². The number of hydrogen-bond donors (Lipinski definition) is 0. The molecule has 1 aliphatic heterocycles. The summed E-state index contributed by atoms with van der Waals surface area (Å²) < 4.78 is 0. The monoisotopic (exact) mass is 346 g/mol. The molecule has 128 valence electrons. The lowest BCUT2D eigenvalue weighted by molar-refractivity contribution is 0.0750. The van der Waals surface area contributed by atoms with E-state index in [1.165, 1.54) is 11.3 Å². The third kappa shape index (κ3) is 3.70. The van der Waals surface area contributed by atoms with Crippen molar-refractivity contribution in [3.05, 3.63) is 34.0 Å². The van der Waals surface area contributed by atoms with E-state index in [1.54, 1.807) is 18.5 Å². The molecule has 8 heteroatoms. The number of anilines is 1. The van der Waals surface area contributed by atoms with E-state index in [2.05, 4.69) is 24.8 Å². The second kappa shape index (κ2) is 7.23. The van der Waals surface area contributed by atoms with E-state index in [0.717, 1.165) is 41.2 Å². The molecule has 3 rings (SSSR count). The number of carbonyl (C=O) groups excluding carboxylic acids is 1. The highest BCUT2D eigenvalue weighted by atomic mass is 32.1. The SMILES string of the molecule is Cc1nc(CN(C)C)sc1C(=O)N1CCN(c2ncccn2)CC1. The van der Waals surface area contributed by atoms with Gasteiger partial charge < -0.3 is 14.7 Å². The summed E-state index contributed by atoms with van der Waals surface area (Å²) in [5.74, 6) is 0.815. The van der Waals surface area contributed by atoms with Crippen molar-refractivity contribution in [2.45, 2.75) is 13.5 Å². The predicted octanol–water partition coefficient (Wildman–Crippen LogP) is 1.27. The van der Waals surface area contributed by atoms with E-state index in [9.17, 15) is 4.79 Å². The van der Waals surface area contributed by atoms with Crippen molar-refractivity contribution < 1.29 is 4.79 Å². The van der Waals surface area contributed by atoms with Crippen LogP contribution in [0.1, 0.15) is 20.4 Å². The lowest BCUT2D eigenvalue weighted by Gasteiger charge is -2.34. The molecule has 24 heavy (non-hydrogen) atoms. The smallest absolute Gasteiger partial charge is 0.265 e. The van der Waals surface area contributed by atoms with Crippen LogP contribution in [0.15, 0.2) is 18.5 Å². The molecule has 1 saturated heterocycles. The summed E-state index contributed by atoms with van der Waals surface area (Å²) in [5, 5.41) is 0.983. The molecule has 0 bridgehead atoms. The molecule has 7 nitrogen and oxygen atoms in total. The van der Waals surface area contributed by atoms with Crippen LogP contribution in [0, 0.1) is 6.92 Å². The Hall–Kier alpha value is -2.06. The number of aromatic nitrogens is 3. The molecule has 1 fully saturated rings. The summed E-state index contributed by atoms with van der Waals surface area (Å²) >= 11 is 1.50. The van der Waals surface area contributed by atoms with Crippen LogP contribution in [0.5, 0.6) is 0 Å².